The molecule has 1 aliphatic heterocycles. The molecular formula is C18H12ClF3N4. The molecule has 0 radical (unpaired) electrons. The van der Waals surface area contributed by atoms with Gasteiger partial charge in [-0.1, -0.05) is 35.9 Å². The third-order valence-electron chi connectivity index (χ3n) is 4.14. The van der Waals surface area contributed by atoms with E-state index >= 15 is 0 Å². The van der Waals surface area contributed by atoms with Gasteiger partial charge < -0.3 is 5.32 Å². The summed E-state index contributed by atoms with van der Waals surface area (Å²) in [6.45, 7) is 0. The Morgan fingerprint density at radius 2 is 1.69 bits per heavy atom. The van der Waals surface area contributed by atoms with Crippen LogP contribution in [0.25, 0.3) is 5.70 Å². The van der Waals surface area contributed by atoms with Gasteiger partial charge in [0.1, 0.15) is 12.4 Å². The molecule has 1 atom stereocenters. The van der Waals surface area contributed by atoms with Crippen LogP contribution in [0.1, 0.15) is 22.7 Å². The molecule has 8 heteroatoms. The van der Waals surface area contributed by atoms with E-state index in [1.54, 1.807) is 16.8 Å². The minimum absolute atomic E-state index is 0.373. The molecule has 2 heterocycles. The molecule has 0 saturated carbocycles. The number of alkyl halides is 3. The Bertz CT molecular complexity index is 959. The number of aromatic nitrogens is 3. The van der Waals surface area contributed by atoms with Crippen LogP contribution in [0.5, 0.6) is 0 Å². The number of fused-ring (bicyclic) bond motifs is 1. The van der Waals surface area contributed by atoms with Crippen LogP contribution in [0.3, 0.4) is 0 Å². The SMILES string of the molecule is FC(F)(F)c1ccc([C@H]2C=C(c3ccc(Cl)cc3)Nc3ncnn32)cc1. The Kier molecular flexibility index (Phi) is 3.96. The van der Waals surface area contributed by atoms with Crippen LogP contribution in [0, 0.1) is 0 Å². The van der Waals surface area contributed by atoms with E-state index < -0.39 is 11.7 Å². The molecule has 0 amide bonds. The maximum atomic E-state index is 12.8. The predicted octanol–water partition coefficient (Wildman–Crippen LogP) is 5.01. The van der Waals surface area contributed by atoms with Crippen LogP contribution in [-0.4, -0.2) is 14.8 Å². The molecule has 0 spiro atoms. The van der Waals surface area contributed by atoms with Gasteiger partial charge in [-0.15, -0.1) is 0 Å². The van der Waals surface area contributed by atoms with E-state index in [0.717, 1.165) is 23.4 Å². The highest BCUT2D eigenvalue weighted by Crippen LogP contribution is 2.34. The minimum Gasteiger partial charge on any atom is -0.324 e. The van der Waals surface area contributed by atoms with Gasteiger partial charge in [-0.25, -0.2) is 4.68 Å². The second-order valence-electron chi connectivity index (χ2n) is 5.81. The van der Waals surface area contributed by atoms with Crippen LogP contribution in [-0.2, 0) is 6.18 Å². The Balaban J connectivity index is 1.75. The maximum Gasteiger partial charge on any atom is 0.416 e. The Labute approximate surface area is 151 Å². The van der Waals surface area contributed by atoms with Gasteiger partial charge in [0.15, 0.2) is 0 Å². The molecular weight excluding hydrogens is 365 g/mol. The number of allylic oxidation sites excluding steroid dienone is 1. The standard InChI is InChI=1S/C18H12ClF3N4/c19-14-7-3-11(4-8-14)15-9-16(26-17(25-15)23-10-24-26)12-1-5-13(6-2-12)18(20,21)22/h1-10,16H,(H,23,24,25)/t16-/m1/s1. The molecule has 0 aliphatic carbocycles. The fraction of sp³-hybridized carbons (Fsp3) is 0.111. The molecule has 132 valence electrons. The molecule has 1 aliphatic rings. The minimum atomic E-state index is -4.37. The van der Waals surface area contributed by atoms with Gasteiger partial charge in [-0.3, -0.25) is 0 Å². The van der Waals surface area contributed by atoms with Gasteiger partial charge >= 0.3 is 6.18 Å². The summed E-state index contributed by atoms with van der Waals surface area (Å²) in [6, 6.07) is 11.9. The monoisotopic (exact) mass is 376 g/mol. The first kappa shape index (κ1) is 16.7. The zero-order valence-corrected chi connectivity index (χ0v) is 14.0. The highest BCUT2D eigenvalue weighted by molar-refractivity contribution is 6.30. The summed E-state index contributed by atoms with van der Waals surface area (Å²) < 4.78 is 40.0. The highest BCUT2D eigenvalue weighted by Gasteiger charge is 2.31. The Hall–Kier alpha value is -2.80. The van der Waals surface area contributed by atoms with Crippen molar-refractivity contribution in [2.24, 2.45) is 0 Å². The molecule has 0 bridgehead atoms. The van der Waals surface area contributed by atoms with E-state index in [2.05, 4.69) is 15.4 Å². The number of hydrogen-bond donors (Lipinski definition) is 1. The number of hydrogen-bond acceptors (Lipinski definition) is 3. The summed E-state index contributed by atoms with van der Waals surface area (Å²) in [5.74, 6) is 0.516. The molecule has 0 unspecified atom stereocenters. The van der Waals surface area contributed by atoms with Crippen LogP contribution in [0.2, 0.25) is 5.02 Å². The maximum absolute atomic E-state index is 12.8. The van der Waals surface area contributed by atoms with Crippen molar-refractivity contribution in [1.82, 2.24) is 14.8 Å². The molecule has 4 rings (SSSR count). The first-order valence-electron chi connectivity index (χ1n) is 7.73. The Morgan fingerprint density at radius 1 is 1.00 bits per heavy atom. The largest absolute Gasteiger partial charge is 0.416 e. The van der Waals surface area contributed by atoms with E-state index in [1.165, 1.54) is 18.5 Å². The second-order valence-corrected chi connectivity index (χ2v) is 6.24. The van der Waals surface area contributed by atoms with Crippen LogP contribution >= 0.6 is 11.6 Å². The van der Waals surface area contributed by atoms with Crippen LogP contribution in [0.4, 0.5) is 19.1 Å². The van der Waals surface area contributed by atoms with Gasteiger partial charge in [0.05, 0.1) is 5.56 Å². The van der Waals surface area contributed by atoms with E-state index in [1.807, 2.05) is 18.2 Å². The first-order valence-corrected chi connectivity index (χ1v) is 8.11. The molecule has 1 N–H and O–H groups in total. The molecule has 3 aromatic rings. The quantitative estimate of drug-likeness (QED) is 0.684. The summed E-state index contributed by atoms with van der Waals surface area (Å²) in [5, 5.41) is 7.98. The van der Waals surface area contributed by atoms with Crippen molar-refractivity contribution in [3.05, 3.63) is 82.6 Å². The van der Waals surface area contributed by atoms with E-state index in [4.69, 9.17) is 11.6 Å². The fourth-order valence-corrected chi connectivity index (χ4v) is 2.96. The Morgan fingerprint density at radius 3 is 2.35 bits per heavy atom. The van der Waals surface area contributed by atoms with Crippen molar-refractivity contribution in [2.45, 2.75) is 12.2 Å². The number of rotatable bonds is 2. The highest BCUT2D eigenvalue weighted by atomic mass is 35.5. The van der Waals surface area contributed by atoms with Gasteiger partial charge in [-0.05, 0) is 41.5 Å². The van der Waals surface area contributed by atoms with Crippen molar-refractivity contribution in [2.75, 3.05) is 5.32 Å². The first-order chi connectivity index (χ1) is 12.4. The lowest BCUT2D eigenvalue weighted by Gasteiger charge is -2.24. The summed E-state index contributed by atoms with van der Waals surface area (Å²) in [6.07, 6.45) is -1.07. The predicted molar refractivity (Wildman–Crippen MR) is 92.7 cm³/mol. The number of nitrogens with zero attached hydrogens (tertiary/aromatic N) is 3. The van der Waals surface area contributed by atoms with E-state index in [-0.39, 0.29) is 6.04 Å². The molecule has 2 aromatic carbocycles. The summed E-state index contributed by atoms with van der Waals surface area (Å²) in [7, 11) is 0. The topological polar surface area (TPSA) is 42.7 Å². The summed E-state index contributed by atoms with van der Waals surface area (Å²) in [4.78, 5) is 4.18. The van der Waals surface area contributed by atoms with Gasteiger partial charge in [-0.2, -0.15) is 23.3 Å². The van der Waals surface area contributed by atoms with Crippen LogP contribution in [0.15, 0.2) is 60.9 Å². The number of benzene rings is 2. The number of anilines is 1. The fourth-order valence-electron chi connectivity index (χ4n) is 2.84. The zero-order valence-electron chi connectivity index (χ0n) is 13.2. The lowest BCUT2D eigenvalue weighted by molar-refractivity contribution is -0.137. The third-order valence-corrected chi connectivity index (χ3v) is 4.39. The second kappa shape index (κ2) is 6.17. The lowest BCUT2D eigenvalue weighted by Crippen LogP contribution is -2.20. The average Bonchev–Trinajstić information content (AvgIpc) is 3.09. The number of halogens is 4. The van der Waals surface area contributed by atoms with E-state index in [9.17, 15) is 13.2 Å². The van der Waals surface area contributed by atoms with Crippen molar-refractivity contribution >= 4 is 23.2 Å². The third kappa shape index (κ3) is 3.06. The van der Waals surface area contributed by atoms with Gasteiger partial charge in [0.2, 0.25) is 5.95 Å². The van der Waals surface area contributed by atoms with E-state index in [0.29, 0.717) is 16.5 Å². The average molecular weight is 377 g/mol. The molecule has 4 nitrogen and oxygen atoms in total. The van der Waals surface area contributed by atoms with Crippen molar-refractivity contribution in [3.63, 3.8) is 0 Å². The van der Waals surface area contributed by atoms with Gasteiger partial charge in [0, 0.05) is 10.7 Å². The molecule has 0 saturated heterocycles. The smallest absolute Gasteiger partial charge is 0.324 e. The van der Waals surface area contributed by atoms with Crippen molar-refractivity contribution in [1.29, 1.82) is 0 Å². The van der Waals surface area contributed by atoms with Crippen LogP contribution < -0.4 is 5.32 Å². The van der Waals surface area contributed by atoms with Gasteiger partial charge in [0.25, 0.3) is 0 Å². The van der Waals surface area contributed by atoms with Crippen molar-refractivity contribution < 1.29 is 13.2 Å². The van der Waals surface area contributed by atoms with Crippen molar-refractivity contribution in [3.8, 4) is 0 Å². The lowest BCUT2D eigenvalue weighted by atomic mass is 10.0. The molecule has 1 aromatic heterocycles. The zero-order chi connectivity index (χ0) is 18.3. The normalized spacial score (nSPS) is 16.6. The number of nitrogens with one attached hydrogen (secondary N) is 1. The molecule has 0 fully saturated rings. The summed E-state index contributed by atoms with van der Waals surface area (Å²) in [5.41, 5.74) is 1.67. The molecule has 26 heavy (non-hydrogen) atoms. The summed E-state index contributed by atoms with van der Waals surface area (Å²) >= 11 is 5.93.